The van der Waals surface area contributed by atoms with Gasteiger partial charge in [0.15, 0.2) is 0 Å². The number of ether oxygens (including phenoxy) is 2. The van der Waals surface area contributed by atoms with Gasteiger partial charge in [0.25, 0.3) is 0 Å². The summed E-state index contributed by atoms with van der Waals surface area (Å²) in [6.45, 7) is 6.54. The summed E-state index contributed by atoms with van der Waals surface area (Å²) in [5, 5.41) is 21.8. The number of anilines is 1. The van der Waals surface area contributed by atoms with Crippen molar-refractivity contribution in [3.63, 3.8) is 0 Å². The molecule has 0 saturated carbocycles. The molecule has 1 atom stereocenters. The van der Waals surface area contributed by atoms with E-state index in [2.05, 4.69) is 10.2 Å². The largest absolute Gasteiger partial charge is 0.465 e. The molecule has 1 amide bonds. The molecule has 1 heterocycles. The molecule has 3 N–H and O–H groups in total. The normalized spacial score (nSPS) is 16.3. The number of piperidine rings is 1. The van der Waals surface area contributed by atoms with Crippen LogP contribution in [0.3, 0.4) is 0 Å². The van der Waals surface area contributed by atoms with Gasteiger partial charge in [0.05, 0.1) is 25.4 Å². The third kappa shape index (κ3) is 7.21. The summed E-state index contributed by atoms with van der Waals surface area (Å²) in [5.74, 6) is -0.451. The third-order valence-corrected chi connectivity index (χ3v) is 4.66. The first-order valence-corrected chi connectivity index (χ1v) is 9.87. The van der Waals surface area contributed by atoms with Crippen molar-refractivity contribution in [3.05, 3.63) is 29.3 Å². The van der Waals surface area contributed by atoms with Gasteiger partial charge in [-0.2, -0.15) is 0 Å². The number of esters is 1. The van der Waals surface area contributed by atoms with Crippen molar-refractivity contribution >= 4 is 17.7 Å². The quantitative estimate of drug-likeness (QED) is 0.617. The number of aliphatic hydroxyl groups is 2. The zero-order valence-corrected chi connectivity index (χ0v) is 17.6. The first-order chi connectivity index (χ1) is 13.6. The first-order valence-electron chi connectivity index (χ1n) is 9.87. The average molecular weight is 408 g/mol. The van der Waals surface area contributed by atoms with Crippen LogP contribution in [0.2, 0.25) is 0 Å². The summed E-state index contributed by atoms with van der Waals surface area (Å²) >= 11 is 0. The predicted octanol–water partition coefficient (Wildman–Crippen LogP) is 1.86. The molecule has 1 aliphatic heterocycles. The second-order valence-corrected chi connectivity index (χ2v) is 8.33. The monoisotopic (exact) mass is 408 g/mol. The molecule has 1 fully saturated rings. The second-order valence-electron chi connectivity index (χ2n) is 8.33. The van der Waals surface area contributed by atoms with E-state index in [1.54, 1.807) is 12.1 Å². The summed E-state index contributed by atoms with van der Waals surface area (Å²) in [6.07, 6.45) is 0.431. The molecule has 2 rings (SSSR count). The Balaban J connectivity index is 2.06. The number of benzene rings is 1. The van der Waals surface area contributed by atoms with Crippen LogP contribution in [0.1, 0.15) is 49.5 Å². The Morgan fingerprint density at radius 1 is 1.24 bits per heavy atom. The van der Waals surface area contributed by atoms with Crippen LogP contribution in [-0.2, 0) is 15.9 Å². The highest BCUT2D eigenvalue weighted by Gasteiger charge is 2.24. The molecule has 0 aromatic heterocycles. The molecule has 1 unspecified atom stereocenters. The Bertz CT molecular complexity index is 708. The van der Waals surface area contributed by atoms with Crippen molar-refractivity contribution in [1.82, 2.24) is 5.32 Å². The molecular formula is C21H32N2O6. The number of aliphatic hydroxyl groups excluding tert-OH is 2. The highest BCUT2D eigenvalue weighted by molar-refractivity contribution is 5.90. The Hall–Kier alpha value is -2.32. The van der Waals surface area contributed by atoms with Gasteiger partial charge in [-0.15, -0.1) is 0 Å². The number of nitrogens with one attached hydrogen (secondary N) is 1. The van der Waals surface area contributed by atoms with Crippen molar-refractivity contribution < 1.29 is 29.3 Å². The topological polar surface area (TPSA) is 108 Å². The van der Waals surface area contributed by atoms with Crippen LogP contribution in [0.25, 0.3) is 0 Å². The molecule has 0 spiro atoms. The van der Waals surface area contributed by atoms with E-state index in [0.717, 1.165) is 24.1 Å². The predicted molar refractivity (Wildman–Crippen MR) is 109 cm³/mol. The van der Waals surface area contributed by atoms with Crippen LogP contribution >= 0.6 is 0 Å². The van der Waals surface area contributed by atoms with Gasteiger partial charge in [0, 0.05) is 31.2 Å². The number of hydrogen-bond acceptors (Lipinski definition) is 7. The van der Waals surface area contributed by atoms with Crippen LogP contribution < -0.4 is 10.2 Å². The lowest BCUT2D eigenvalue weighted by Crippen LogP contribution is -2.46. The van der Waals surface area contributed by atoms with Gasteiger partial charge in [-0.1, -0.05) is 0 Å². The van der Waals surface area contributed by atoms with Crippen molar-refractivity contribution in [3.8, 4) is 0 Å². The molecular weight excluding hydrogens is 376 g/mol. The number of methoxy groups -OCH3 is 1. The SMILES string of the molecule is COC(=O)c1cc(CC(O)CO)cc(N2CCC(NC(=O)OC(C)(C)C)CC2)c1. The Labute approximate surface area is 171 Å². The van der Waals surface area contributed by atoms with Gasteiger partial charge in [0.2, 0.25) is 0 Å². The number of nitrogens with zero attached hydrogens (tertiary/aromatic N) is 1. The molecule has 8 nitrogen and oxygen atoms in total. The standard InChI is InChI=1S/C21H32N2O6/c1-21(2,3)29-20(27)22-16-5-7-23(8-6-16)17-10-14(11-18(25)13-24)9-15(12-17)19(26)28-4/h9-10,12,16,18,24-25H,5-8,11,13H2,1-4H3,(H,22,27). The van der Waals surface area contributed by atoms with E-state index in [1.807, 2.05) is 26.8 Å². The highest BCUT2D eigenvalue weighted by Crippen LogP contribution is 2.25. The molecule has 1 aliphatic rings. The minimum absolute atomic E-state index is 0.0283. The average Bonchev–Trinajstić information content (AvgIpc) is 2.66. The minimum atomic E-state index is -0.889. The fraction of sp³-hybridized carbons (Fsp3) is 0.619. The maximum atomic E-state index is 12.0. The molecule has 1 saturated heterocycles. The van der Waals surface area contributed by atoms with Crippen LogP contribution in [0.4, 0.5) is 10.5 Å². The van der Waals surface area contributed by atoms with Gasteiger partial charge < -0.3 is 29.9 Å². The van der Waals surface area contributed by atoms with Crippen molar-refractivity contribution in [1.29, 1.82) is 0 Å². The van der Waals surface area contributed by atoms with Gasteiger partial charge >= 0.3 is 12.1 Å². The van der Waals surface area contributed by atoms with E-state index in [9.17, 15) is 14.7 Å². The van der Waals surface area contributed by atoms with E-state index in [1.165, 1.54) is 7.11 Å². The fourth-order valence-electron chi connectivity index (χ4n) is 3.30. The summed E-state index contributed by atoms with van der Waals surface area (Å²) in [7, 11) is 1.32. The lowest BCUT2D eigenvalue weighted by Gasteiger charge is -2.34. The summed E-state index contributed by atoms with van der Waals surface area (Å²) in [4.78, 5) is 26.1. The Morgan fingerprint density at radius 3 is 2.45 bits per heavy atom. The van der Waals surface area contributed by atoms with Gasteiger partial charge in [-0.3, -0.25) is 0 Å². The van der Waals surface area contributed by atoms with E-state index in [4.69, 9.17) is 14.6 Å². The summed E-state index contributed by atoms with van der Waals surface area (Å²) in [6, 6.07) is 5.38. The molecule has 0 aliphatic carbocycles. The number of hydrogen-bond donors (Lipinski definition) is 3. The second kappa shape index (κ2) is 9.93. The van der Waals surface area contributed by atoms with Crippen LogP contribution in [0, 0.1) is 0 Å². The Kier molecular flexibility index (Phi) is 7.87. The minimum Gasteiger partial charge on any atom is -0.465 e. The van der Waals surface area contributed by atoms with Crippen molar-refractivity contribution in [2.75, 3.05) is 31.7 Å². The molecule has 0 bridgehead atoms. The van der Waals surface area contributed by atoms with Gasteiger partial charge in [-0.25, -0.2) is 9.59 Å². The molecule has 8 heteroatoms. The highest BCUT2D eigenvalue weighted by atomic mass is 16.6. The lowest BCUT2D eigenvalue weighted by molar-refractivity contribution is 0.0496. The lowest BCUT2D eigenvalue weighted by atomic mass is 10.0. The molecule has 0 radical (unpaired) electrons. The Morgan fingerprint density at radius 2 is 1.90 bits per heavy atom. The van der Waals surface area contributed by atoms with E-state index >= 15 is 0 Å². The third-order valence-electron chi connectivity index (χ3n) is 4.66. The van der Waals surface area contributed by atoms with Crippen LogP contribution in [0.5, 0.6) is 0 Å². The molecule has 29 heavy (non-hydrogen) atoms. The molecule has 1 aromatic carbocycles. The zero-order chi connectivity index (χ0) is 21.6. The van der Waals surface area contributed by atoms with Crippen molar-refractivity contribution in [2.24, 2.45) is 0 Å². The smallest absolute Gasteiger partial charge is 0.407 e. The molecule has 1 aromatic rings. The number of amides is 1. The van der Waals surface area contributed by atoms with Gasteiger partial charge in [-0.05, 0) is 57.4 Å². The molecule has 162 valence electrons. The van der Waals surface area contributed by atoms with E-state index < -0.39 is 23.8 Å². The summed E-state index contributed by atoms with van der Waals surface area (Å²) < 4.78 is 10.1. The number of carbonyl (C=O) groups excluding carboxylic acids is 2. The number of carbonyl (C=O) groups is 2. The van der Waals surface area contributed by atoms with E-state index in [0.29, 0.717) is 18.7 Å². The fourth-order valence-corrected chi connectivity index (χ4v) is 3.30. The summed E-state index contributed by atoms with van der Waals surface area (Å²) in [5.41, 5.74) is 1.47. The van der Waals surface area contributed by atoms with Crippen LogP contribution in [-0.4, -0.2) is 66.8 Å². The number of alkyl carbamates (subject to hydrolysis) is 1. The van der Waals surface area contributed by atoms with Gasteiger partial charge in [0.1, 0.15) is 5.60 Å². The maximum Gasteiger partial charge on any atom is 0.407 e. The zero-order valence-electron chi connectivity index (χ0n) is 17.6. The first kappa shape index (κ1) is 23.0. The van der Waals surface area contributed by atoms with E-state index in [-0.39, 0.29) is 19.1 Å². The van der Waals surface area contributed by atoms with Crippen molar-refractivity contribution in [2.45, 2.75) is 57.8 Å². The van der Waals surface area contributed by atoms with Crippen LogP contribution in [0.15, 0.2) is 18.2 Å². The number of rotatable bonds is 6. The maximum absolute atomic E-state index is 12.0.